The van der Waals surface area contributed by atoms with Gasteiger partial charge in [0.05, 0.1) is 0 Å². The van der Waals surface area contributed by atoms with E-state index < -0.39 is 5.97 Å². The van der Waals surface area contributed by atoms with E-state index in [9.17, 15) is 9.59 Å². The highest BCUT2D eigenvalue weighted by Gasteiger charge is 2.23. The van der Waals surface area contributed by atoms with Crippen molar-refractivity contribution in [2.45, 2.75) is 39.7 Å². The van der Waals surface area contributed by atoms with Crippen molar-refractivity contribution in [3.63, 3.8) is 0 Å². The number of H-pyrrole nitrogens is 1. The van der Waals surface area contributed by atoms with Crippen LogP contribution in [0.3, 0.4) is 0 Å². The molecule has 0 saturated carbocycles. The first-order valence-electron chi connectivity index (χ1n) is 5.91. The lowest BCUT2D eigenvalue weighted by Crippen LogP contribution is -2.40. The number of hydrogen-bond acceptors (Lipinski definition) is 3. The first-order chi connectivity index (χ1) is 8.32. The number of carboxylic acid groups (broad SMARTS) is 1. The maximum absolute atomic E-state index is 12.1. The maximum Gasteiger partial charge on any atom is 0.323 e. The third-order valence-electron chi connectivity index (χ3n) is 2.63. The van der Waals surface area contributed by atoms with Crippen molar-refractivity contribution in [3.05, 3.63) is 17.5 Å². The minimum atomic E-state index is -1.03. The SMILES string of the molecule is CC(C)c1cc(C(=O)N(CC(=O)O)C(C)C)n[nH]1. The second-order valence-corrected chi connectivity index (χ2v) is 4.78. The average molecular weight is 253 g/mol. The summed E-state index contributed by atoms with van der Waals surface area (Å²) in [5, 5.41) is 15.5. The van der Waals surface area contributed by atoms with Gasteiger partial charge in [0.2, 0.25) is 0 Å². The zero-order chi connectivity index (χ0) is 13.9. The zero-order valence-electron chi connectivity index (χ0n) is 11.1. The Morgan fingerprint density at radius 1 is 1.39 bits per heavy atom. The molecule has 0 aliphatic heterocycles. The van der Waals surface area contributed by atoms with Crippen LogP contribution < -0.4 is 0 Å². The normalized spacial score (nSPS) is 11.0. The molecule has 1 amide bonds. The van der Waals surface area contributed by atoms with E-state index in [0.29, 0.717) is 0 Å². The maximum atomic E-state index is 12.1. The van der Waals surface area contributed by atoms with Gasteiger partial charge in [-0.15, -0.1) is 0 Å². The van der Waals surface area contributed by atoms with Crippen molar-refractivity contribution in [1.82, 2.24) is 15.1 Å². The number of aromatic amines is 1. The molecule has 0 radical (unpaired) electrons. The highest BCUT2D eigenvalue weighted by atomic mass is 16.4. The smallest absolute Gasteiger partial charge is 0.323 e. The van der Waals surface area contributed by atoms with Crippen molar-refractivity contribution in [2.75, 3.05) is 6.54 Å². The van der Waals surface area contributed by atoms with E-state index in [2.05, 4.69) is 10.2 Å². The van der Waals surface area contributed by atoms with Gasteiger partial charge in [0, 0.05) is 11.7 Å². The van der Waals surface area contributed by atoms with E-state index in [-0.39, 0.29) is 30.1 Å². The lowest BCUT2D eigenvalue weighted by molar-refractivity contribution is -0.138. The van der Waals surface area contributed by atoms with E-state index in [0.717, 1.165) is 5.69 Å². The molecule has 1 rings (SSSR count). The van der Waals surface area contributed by atoms with Gasteiger partial charge >= 0.3 is 5.97 Å². The quantitative estimate of drug-likeness (QED) is 0.832. The lowest BCUT2D eigenvalue weighted by Gasteiger charge is -2.23. The average Bonchev–Trinajstić information content (AvgIpc) is 2.73. The van der Waals surface area contributed by atoms with Gasteiger partial charge < -0.3 is 10.0 Å². The Labute approximate surface area is 106 Å². The van der Waals surface area contributed by atoms with Gasteiger partial charge in [-0.05, 0) is 25.8 Å². The number of aliphatic carboxylic acids is 1. The Hall–Kier alpha value is -1.85. The number of nitrogens with zero attached hydrogens (tertiary/aromatic N) is 2. The van der Waals surface area contributed by atoms with Crippen LogP contribution in [0, 0.1) is 0 Å². The number of carbonyl (C=O) groups excluding carboxylic acids is 1. The van der Waals surface area contributed by atoms with E-state index in [1.807, 2.05) is 13.8 Å². The summed E-state index contributed by atoms with van der Waals surface area (Å²) in [6, 6.07) is 1.48. The number of nitrogens with one attached hydrogen (secondary N) is 1. The fraction of sp³-hybridized carbons (Fsp3) is 0.583. The van der Waals surface area contributed by atoms with Crippen molar-refractivity contribution in [2.24, 2.45) is 0 Å². The Morgan fingerprint density at radius 3 is 2.39 bits per heavy atom. The minimum absolute atomic E-state index is 0.187. The van der Waals surface area contributed by atoms with Crippen LogP contribution in [0.1, 0.15) is 49.8 Å². The lowest BCUT2D eigenvalue weighted by atomic mass is 10.1. The van der Waals surface area contributed by atoms with E-state index in [1.54, 1.807) is 19.9 Å². The Balaban J connectivity index is 2.91. The van der Waals surface area contributed by atoms with Crippen LogP contribution >= 0.6 is 0 Å². The molecule has 1 aromatic heterocycles. The molecule has 0 aromatic carbocycles. The minimum Gasteiger partial charge on any atom is -0.480 e. The number of carbonyl (C=O) groups is 2. The topological polar surface area (TPSA) is 86.3 Å². The monoisotopic (exact) mass is 253 g/mol. The summed E-state index contributed by atoms with van der Waals surface area (Å²) in [6.07, 6.45) is 0. The van der Waals surface area contributed by atoms with Crippen molar-refractivity contribution in [1.29, 1.82) is 0 Å². The molecule has 6 heteroatoms. The third kappa shape index (κ3) is 3.32. The molecule has 0 aliphatic carbocycles. The van der Waals surface area contributed by atoms with E-state index in [1.165, 1.54) is 4.90 Å². The second kappa shape index (κ2) is 5.66. The van der Waals surface area contributed by atoms with Gasteiger partial charge in [0.15, 0.2) is 0 Å². The predicted molar refractivity (Wildman–Crippen MR) is 66.5 cm³/mol. The Morgan fingerprint density at radius 2 is 2.00 bits per heavy atom. The third-order valence-corrected chi connectivity index (χ3v) is 2.63. The first kappa shape index (κ1) is 14.2. The van der Waals surface area contributed by atoms with Gasteiger partial charge in [-0.2, -0.15) is 5.10 Å². The van der Waals surface area contributed by atoms with Crippen LogP contribution in [0.4, 0.5) is 0 Å². The molecule has 0 saturated heterocycles. The Bertz CT molecular complexity index is 438. The number of aromatic nitrogens is 2. The summed E-state index contributed by atoms with van der Waals surface area (Å²) in [4.78, 5) is 24.2. The second-order valence-electron chi connectivity index (χ2n) is 4.78. The van der Waals surface area contributed by atoms with Crippen molar-refractivity contribution < 1.29 is 14.7 Å². The number of rotatable bonds is 5. The van der Waals surface area contributed by atoms with Gasteiger partial charge in [-0.3, -0.25) is 14.7 Å². The summed E-state index contributed by atoms with van der Waals surface area (Å²) in [6.45, 7) is 7.20. The molecule has 0 atom stereocenters. The molecular formula is C12H19N3O3. The van der Waals surface area contributed by atoms with Gasteiger partial charge in [-0.1, -0.05) is 13.8 Å². The summed E-state index contributed by atoms with van der Waals surface area (Å²) in [5.74, 6) is -1.15. The molecule has 100 valence electrons. The Kier molecular flexibility index (Phi) is 4.47. The molecule has 0 spiro atoms. The van der Waals surface area contributed by atoms with Crippen LogP contribution in [0.2, 0.25) is 0 Å². The van der Waals surface area contributed by atoms with Crippen molar-refractivity contribution >= 4 is 11.9 Å². The van der Waals surface area contributed by atoms with Gasteiger partial charge in [0.1, 0.15) is 12.2 Å². The molecule has 0 unspecified atom stereocenters. The number of amides is 1. The highest BCUT2D eigenvalue weighted by molar-refractivity contribution is 5.94. The van der Waals surface area contributed by atoms with E-state index in [4.69, 9.17) is 5.11 Å². The molecule has 0 fully saturated rings. The first-order valence-corrected chi connectivity index (χ1v) is 5.91. The van der Waals surface area contributed by atoms with Crippen LogP contribution in [-0.4, -0.2) is 44.7 Å². The van der Waals surface area contributed by atoms with Crippen LogP contribution in [0.5, 0.6) is 0 Å². The van der Waals surface area contributed by atoms with Crippen LogP contribution in [-0.2, 0) is 4.79 Å². The van der Waals surface area contributed by atoms with E-state index >= 15 is 0 Å². The van der Waals surface area contributed by atoms with Gasteiger partial charge in [0.25, 0.3) is 5.91 Å². The van der Waals surface area contributed by atoms with Crippen LogP contribution in [0.25, 0.3) is 0 Å². The standard InChI is InChI=1S/C12H19N3O3/c1-7(2)9-5-10(14-13-9)12(18)15(8(3)4)6-11(16)17/h5,7-8H,6H2,1-4H3,(H,13,14)(H,16,17). The fourth-order valence-electron chi connectivity index (χ4n) is 1.52. The number of hydrogen-bond donors (Lipinski definition) is 2. The zero-order valence-corrected chi connectivity index (χ0v) is 11.1. The molecule has 1 heterocycles. The van der Waals surface area contributed by atoms with Gasteiger partial charge in [-0.25, -0.2) is 0 Å². The molecule has 1 aromatic rings. The summed E-state index contributed by atoms with van der Waals surface area (Å²) in [5.41, 5.74) is 1.12. The summed E-state index contributed by atoms with van der Waals surface area (Å²) < 4.78 is 0. The summed E-state index contributed by atoms with van der Waals surface area (Å²) >= 11 is 0. The highest BCUT2D eigenvalue weighted by Crippen LogP contribution is 2.14. The number of carboxylic acids is 1. The molecule has 2 N–H and O–H groups in total. The molecular weight excluding hydrogens is 234 g/mol. The summed E-state index contributed by atoms with van der Waals surface area (Å²) in [7, 11) is 0. The van der Waals surface area contributed by atoms with Crippen molar-refractivity contribution in [3.8, 4) is 0 Å². The predicted octanol–water partition coefficient (Wildman–Crippen LogP) is 1.47. The molecule has 18 heavy (non-hydrogen) atoms. The molecule has 0 bridgehead atoms. The fourth-order valence-corrected chi connectivity index (χ4v) is 1.52. The molecule has 6 nitrogen and oxygen atoms in total. The largest absolute Gasteiger partial charge is 0.480 e. The van der Waals surface area contributed by atoms with Crippen LogP contribution in [0.15, 0.2) is 6.07 Å². The molecule has 0 aliphatic rings.